The molecular formula is C9H11ClN2O2S. The highest BCUT2D eigenvalue weighted by Gasteiger charge is 2.13. The number of rotatable bonds is 5. The molecule has 0 unspecified atom stereocenters. The quantitative estimate of drug-likeness (QED) is 0.373. The monoisotopic (exact) mass is 246 g/mol. The Kier molecular flexibility index (Phi) is 4.71. The number of anilines is 1. The number of nitro groups is 1. The van der Waals surface area contributed by atoms with Crippen LogP contribution >= 0.6 is 23.5 Å². The zero-order chi connectivity index (χ0) is 11.3. The maximum atomic E-state index is 10.6. The Morgan fingerprint density at radius 2 is 2.33 bits per heavy atom. The molecule has 1 aromatic rings. The lowest BCUT2D eigenvalue weighted by molar-refractivity contribution is -0.383. The van der Waals surface area contributed by atoms with Crippen molar-refractivity contribution < 1.29 is 4.92 Å². The van der Waals surface area contributed by atoms with Gasteiger partial charge < -0.3 is 0 Å². The molecule has 82 valence electrons. The van der Waals surface area contributed by atoms with E-state index in [4.69, 9.17) is 11.8 Å². The van der Waals surface area contributed by atoms with Crippen molar-refractivity contribution in [2.24, 2.45) is 0 Å². The van der Waals surface area contributed by atoms with Crippen molar-refractivity contribution in [2.45, 2.75) is 18.2 Å². The summed E-state index contributed by atoms with van der Waals surface area (Å²) in [6.07, 6.45) is 1.06. The first-order chi connectivity index (χ1) is 7.19. The van der Waals surface area contributed by atoms with Crippen molar-refractivity contribution in [3.8, 4) is 0 Å². The van der Waals surface area contributed by atoms with E-state index in [1.807, 2.05) is 0 Å². The third-order valence-corrected chi connectivity index (χ3v) is 3.14. The van der Waals surface area contributed by atoms with E-state index in [0.717, 1.165) is 17.1 Å². The molecule has 4 nitrogen and oxygen atoms in total. The molecule has 0 aliphatic heterocycles. The highest BCUT2D eigenvalue weighted by atomic mass is 35.5. The number of thioether (sulfide) groups is 1. The van der Waals surface area contributed by atoms with Crippen LogP contribution < -0.4 is 4.84 Å². The summed E-state index contributed by atoms with van der Waals surface area (Å²) in [6.45, 7) is 2.08. The zero-order valence-electron chi connectivity index (χ0n) is 8.20. The maximum absolute atomic E-state index is 10.6. The fourth-order valence-electron chi connectivity index (χ4n) is 1.06. The van der Waals surface area contributed by atoms with Crippen LogP contribution in [0.3, 0.4) is 0 Å². The number of benzene rings is 1. The summed E-state index contributed by atoms with van der Waals surface area (Å²) in [5.74, 6) is 0.986. The largest absolute Gasteiger partial charge is 0.293 e. The third kappa shape index (κ3) is 3.28. The molecule has 0 atom stereocenters. The Morgan fingerprint density at radius 1 is 1.60 bits per heavy atom. The first kappa shape index (κ1) is 12.1. The molecule has 0 radical (unpaired) electrons. The van der Waals surface area contributed by atoms with Gasteiger partial charge in [-0.25, -0.2) is 0 Å². The fraction of sp³-hybridized carbons (Fsp3) is 0.333. The van der Waals surface area contributed by atoms with Gasteiger partial charge in [0, 0.05) is 22.7 Å². The molecule has 15 heavy (non-hydrogen) atoms. The zero-order valence-corrected chi connectivity index (χ0v) is 9.77. The Hall–Kier alpha value is -0.940. The van der Waals surface area contributed by atoms with Gasteiger partial charge in [-0.15, -0.1) is 11.8 Å². The molecule has 6 heteroatoms. The third-order valence-electron chi connectivity index (χ3n) is 1.74. The highest BCUT2D eigenvalue weighted by molar-refractivity contribution is 7.99. The SMILES string of the molecule is CCCSc1ccc([N+](=O)[O-])c(NCl)c1. The van der Waals surface area contributed by atoms with Gasteiger partial charge in [0.2, 0.25) is 0 Å². The van der Waals surface area contributed by atoms with Crippen LogP contribution in [0.15, 0.2) is 23.1 Å². The van der Waals surface area contributed by atoms with Crippen LogP contribution in [0.4, 0.5) is 11.4 Å². The summed E-state index contributed by atoms with van der Waals surface area (Å²) < 4.78 is 0. The molecule has 0 heterocycles. The van der Waals surface area contributed by atoms with Crippen molar-refractivity contribution in [2.75, 3.05) is 10.6 Å². The average Bonchev–Trinajstić information content (AvgIpc) is 2.25. The van der Waals surface area contributed by atoms with E-state index in [1.165, 1.54) is 6.07 Å². The lowest BCUT2D eigenvalue weighted by Gasteiger charge is -2.03. The van der Waals surface area contributed by atoms with Crippen molar-refractivity contribution in [3.63, 3.8) is 0 Å². The van der Waals surface area contributed by atoms with Crippen LogP contribution in [-0.2, 0) is 0 Å². The molecule has 0 aliphatic carbocycles. The van der Waals surface area contributed by atoms with Gasteiger partial charge in [-0.05, 0) is 24.3 Å². The number of nitrogens with zero attached hydrogens (tertiary/aromatic N) is 1. The van der Waals surface area contributed by atoms with E-state index in [9.17, 15) is 10.1 Å². The van der Waals surface area contributed by atoms with E-state index in [1.54, 1.807) is 23.9 Å². The molecular weight excluding hydrogens is 236 g/mol. The minimum absolute atomic E-state index is 0.00847. The van der Waals surface area contributed by atoms with Gasteiger partial charge in [-0.1, -0.05) is 6.92 Å². The Morgan fingerprint density at radius 3 is 2.87 bits per heavy atom. The standard InChI is InChI=1S/C9H11ClN2O2S/c1-2-5-15-7-3-4-9(12(13)14)8(6-7)11-10/h3-4,6,11H,2,5H2,1H3. The molecule has 0 bridgehead atoms. The van der Waals surface area contributed by atoms with E-state index in [-0.39, 0.29) is 5.69 Å². The first-order valence-electron chi connectivity index (χ1n) is 4.47. The smallest absolute Gasteiger partial charge is 0.292 e. The van der Waals surface area contributed by atoms with E-state index < -0.39 is 4.92 Å². The Balaban J connectivity index is 2.92. The van der Waals surface area contributed by atoms with Gasteiger partial charge in [-0.2, -0.15) is 0 Å². The minimum atomic E-state index is -0.459. The lowest BCUT2D eigenvalue weighted by atomic mass is 10.3. The lowest BCUT2D eigenvalue weighted by Crippen LogP contribution is -1.93. The number of nitrogens with one attached hydrogen (secondary N) is 1. The molecule has 1 aromatic carbocycles. The number of hydrogen-bond acceptors (Lipinski definition) is 4. The fourth-order valence-corrected chi connectivity index (χ4v) is 2.02. The van der Waals surface area contributed by atoms with Crippen LogP contribution in [0.25, 0.3) is 0 Å². The summed E-state index contributed by atoms with van der Waals surface area (Å²) in [7, 11) is 0. The van der Waals surface area contributed by atoms with Gasteiger partial charge in [0.25, 0.3) is 5.69 Å². The summed E-state index contributed by atoms with van der Waals surface area (Å²) in [5.41, 5.74) is 0.327. The summed E-state index contributed by atoms with van der Waals surface area (Å²) >= 11 is 7.07. The minimum Gasteiger partial charge on any atom is -0.292 e. The molecule has 0 amide bonds. The van der Waals surface area contributed by atoms with E-state index in [0.29, 0.717) is 5.69 Å². The van der Waals surface area contributed by atoms with Gasteiger partial charge in [0.05, 0.1) is 4.92 Å². The predicted octanol–water partition coefficient (Wildman–Crippen LogP) is 3.66. The van der Waals surface area contributed by atoms with Gasteiger partial charge in [-0.3, -0.25) is 15.0 Å². The summed E-state index contributed by atoms with van der Waals surface area (Å²) in [5, 5.41) is 10.6. The van der Waals surface area contributed by atoms with Crippen molar-refractivity contribution >= 4 is 34.9 Å². The number of hydrogen-bond donors (Lipinski definition) is 1. The van der Waals surface area contributed by atoms with Crippen LogP contribution in [0, 0.1) is 10.1 Å². The van der Waals surface area contributed by atoms with Crippen molar-refractivity contribution in [1.82, 2.24) is 0 Å². The van der Waals surface area contributed by atoms with Crippen molar-refractivity contribution in [3.05, 3.63) is 28.3 Å². The molecule has 0 saturated heterocycles. The summed E-state index contributed by atoms with van der Waals surface area (Å²) in [6, 6.07) is 4.88. The molecule has 0 saturated carbocycles. The molecule has 0 aromatic heterocycles. The Bertz CT molecular complexity index is 360. The molecule has 0 aliphatic rings. The summed E-state index contributed by atoms with van der Waals surface area (Å²) in [4.78, 5) is 13.4. The van der Waals surface area contributed by atoms with Crippen LogP contribution in [0.1, 0.15) is 13.3 Å². The maximum Gasteiger partial charge on any atom is 0.293 e. The second kappa shape index (κ2) is 5.82. The van der Waals surface area contributed by atoms with E-state index >= 15 is 0 Å². The number of nitro benzene ring substituents is 1. The highest BCUT2D eigenvalue weighted by Crippen LogP contribution is 2.30. The second-order valence-electron chi connectivity index (χ2n) is 2.88. The second-order valence-corrected chi connectivity index (χ2v) is 4.24. The molecule has 1 rings (SSSR count). The van der Waals surface area contributed by atoms with Gasteiger partial charge in [0.15, 0.2) is 0 Å². The number of halogens is 1. The van der Waals surface area contributed by atoms with Gasteiger partial charge >= 0.3 is 0 Å². The first-order valence-corrected chi connectivity index (χ1v) is 5.83. The Labute approximate surface area is 97.3 Å². The topological polar surface area (TPSA) is 55.2 Å². The van der Waals surface area contributed by atoms with Gasteiger partial charge in [0.1, 0.15) is 5.69 Å². The van der Waals surface area contributed by atoms with Crippen LogP contribution in [0.5, 0.6) is 0 Å². The van der Waals surface area contributed by atoms with E-state index in [2.05, 4.69) is 11.8 Å². The predicted molar refractivity (Wildman–Crippen MR) is 63.6 cm³/mol. The molecule has 0 fully saturated rings. The van der Waals surface area contributed by atoms with Crippen LogP contribution in [-0.4, -0.2) is 10.7 Å². The molecule has 1 N–H and O–H groups in total. The molecule has 0 spiro atoms. The van der Waals surface area contributed by atoms with Crippen molar-refractivity contribution in [1.29, 1.82) is 0 Å². The normalized spacial score (nSPS) is 10.0. The van der Waals surface area contributed by atoms with Crippen LogP contribution in [0.2, 0.25) is 0 Å². The average molecular weight is 247 g/mol.